The van der Waals surface area contributed by atoms with E-state index in [0.717, 1.165) is 0 Å². The third-order valence-corrected chi connectivity index (χ3v) is 3.63. The van der Waals surface area contributed by atoms with Crippen molar-refractivity contribution in [2.24, 2.45) is 17.1 Å². The second kappa shape index (κ2) is 2.65. The molecule has 2 aliphatic carbocycles. The molecule has 0 aromatic heterocycles. The van der Waals surface area contributed by atoms with Gasteiger partial charge in [0.1, 0.15) is 0 Å². The van der Waals surface area contributed by atoms with E-state index in [4.69, 9.17) is 10.8 Å². The fourth-order valence-electron chi connectivity index (χ4n) is 2.67. The molecular formula is C8H15NO4. The number of nitrogens with two attached hydrogens (primary N) is 1. The van der Waals surface area contributed by atoms with Crippen molar-refractivity contribution >= 4 is 0 Å². The van der Waals surface area contributed by atoms with Crippen LogP contribution in [0, 0.1) is 11.3 Å². The van der Waals surface area contributed by atoms with Crippen molar-refractivity contribution in [2.75, 3.05) is 6.61 Å². The molecule has 0 amide bonds. The molecule has 6 N–H and O–H groups in total. The fourth-order valence-corrected chi connectivity index (χ4v) is 2.67. The van der Waals surface area contributed by atoms with Gasteiger partial charge in [-0.1, -0.05) is 0 Å². The summed E-state index contributed by atoms with van der Waals surface area (Å²) in [6.45, 7) is -0.396. The Balaban J connectivity index is 2.20. The summed E-state index contributed by atoms with van der Waals surface area (Å²) in [5.74, 6) is -0.0559. The first kappa shape index (κ1) is 9.36. The van der Waals surface area contributed by atoms with Crippen LogP contribution in [0.25, 0.3) is 0 Å². The zero-order chi connectivity index (χ0) is 9.80. The quantitative estimate of drug-likeness (QED) is 0.328. The first-order valence-corrected chi connectivity index (χ1v) is 4.46. The summed E-state index contributed by atoms with van der Waals surface area (Å²) in [6.07, 6.45) is -2.36. The Kier molecular flexibility index (Phi) is 1.91. The van der Waals surface area contributed by atoms with Gasteiger partial charge in [0.2, 0.25) is 0 Å². The predicted octanol–water partition coefficient (Wildman–Crippen LogP) is -2.59. The van der Waals surface area contributed by atoms with E-state index in [1.165, 1.54) is 0 Å². The Morgan fingerprint density at radius 3 is 2.46 bits per heavy atom. The summed E-state index contributed by atoms with van der Waals surface area (Å²) in [5.41, 5.74) is 4.89. The third-order valence-electron chi connectivity index (χ3n) is 3.63. The summed E-state index contributed by atoms with van der Waals surface area (Å²) in [5, 5.41) is 37.3. The molecule has 76 valence electrons. The molecule has 5 nitrogen and oxygen atoms in total. The Labute approximate surface area is 75.8 Å². The van der Waals surface area contributed by atoms with E-state index in [0.29, 0.717) is 6.42 Å². The molecule has 0 aromatic carbocycles. The van der Waals surface area contributed by atoms with Crippen LogP contribution in [-0.2, 0) is 0 Å². The van der Waals surface area contributed by atoms with Crippen LogP contribution in [-0.4, -0.2) is 51.4 Å². The minimum absolute atomic E-state index is 0.0559. The maximum Gasteiger partial charge on any atom is 0.0959 e. The lowest BCUT2D eigenvalue weighted by molar-refractivity contribution is -0.0643. The first-order valence-electron chi connectivity index (χ1n) is 4.46. The van der Waals surface area contributed by atoms with E-state index in [-0.39, 0.29) is 5.92 Å². The molecular weight excluding hydrogens is 174 g/mol. The van der Waals surface area contributed by atoms with Crippen molar-refractivity contribution in [3.63, 3.8) is 0 Å². The van der Waals surface area contributed by atoms with Crippen LogP contribution in [0.1, 0.15) is 6.42 Å². The van der Waals surface area contributed by atoms with Crippen LogP contribution in [0.15, 0.2) is 0 Å². The van der Waals surface area contributed by atoms with E-state index >= 15 is 0 Å². The van der Waals surface area contributed by atoms with Gasteiger partial charge in [0.15, 0.2) is 0 Å². The minimum Gasteiger partial charge on any atom is -0.394 e. The maximum absolute atomic E-state index is 9.63. The Hall–Kier alpha value is -0.200. The average Bonchev–Trinajstić information content (AvgIpc) is 2.85. The molecule has 13 heavy (non-hydrogen) atoms. The monoisotopic (exact) mass is 189 g/mol. The molecule has 2 saturated carbocycles. The summed E-state index contributed by atoms with van der Waals surface area (Å²) in [6, 6.07) is -0.476. The van der Waals surface area contributed by atoms with Crippen molar-refractivity contribution in [3.8, 4) is 0 Å². The van der Waals surface area contributed by atoms with E-state index in [2.05, 4.69) is 0 Å². The molecule has 2 rings (SSSR count). The molecule has 0 bridgehead atoms. The van der Waals surface area contributed by atoms with Crippen LogP contribution in [0.5, 0.6) is 0 Å². The van der Waals surface area contributed by atoms with Crippen LogP contribution >= 0.6 is 0 Å². The molecule has 0 heterocycles. The number of hydrogen-bond donors (Lipinski definition) is 5. The van der Waals surface area contributed by atoms with E-state index < -0.39 is 36.4 Å². The molecule has 0 spiro atoms. The summed E-state index contributed by atoms with van der Waals surface area (Å²) in [7, 11) is 0. The second-order valence-electron chi connectivity index (χ2n) is 4.13. The molecule has 0 unspecified atom stereocenters. The van der Waals surface area contributed by atoms with Crippen LogP contribution < -0.4 is 5.73 Å². The Bertz CT molecular complexity index is 222. The van der Waals surface area contributed by atoms with Gasteiger partial charge in [-0.05, 0) is 12.3 Å². The molecule has 0 aliphatic heterocycles. The SMILES string of the molecule is N[C@@H]1[C@H](O)[C@@H](O)[C@@]2([C@H](O)CO)C[C@@H]12. The zero-order valence-corrected chi connectivity index (χ0v) is 7.17. The number of aliphatic hydroxyl groups excluding tert-OH is 4. The average molecular weight is 189 g/mol. The van der Waals surface area contributed by atoms with Crippen LogP contribution in [0.2, 0.25) is 0 Å². The standard InChI is InChI=1S/C8H15NO4/c9-5-3-1-8(3,4(11)2-10)7(13)6(5)12/h3-7,10-13H,1-2,9H2/t3-,4+,5-,6-,7+,8-/m0/s1. The molecule has 5 heteroatoms. The maximum atomic E-state index is 9.63. The Morgan fingerprint density at radius 1 is 1.46 bits per heavy atom. The lowest BCUT2D eigenvalue weighted by Gasteiger charge is -2.25. The summed E-state index contributed by atoms with van der Waals surface area (Å²) in [4.78, 5) is 0. The van der Waals surface area contributed by atoms with Crippen LogP contribution in [0.3, 0.4) is 0 Å². The van der Waals surface area contributed by atoms with Gasteiger partial charge in [-0.3, -0.25) is 0 Å². The summed E-state index contributed by atoms with van der Waals surface area (Å²) >= 11 is 0. The molecule has 0 saturated heterocycles. The number of rotatable bonds is 2. The highest BCUT2D eigenvalue weighted by Crippen LogP contribution is 2.64. The van der Waals surface area contributed by atoms with E-state index in [1.807, 2.05) is 0 Å². The zero-order valence-electron chi connectivity index (χ0n) is 7.17. The van der Waals surface area contributed by atoms with Gasteiger partial charge >= 0.3 is 0 Å². The topological polar surface area (TPSA) is 107 Å². The largest absolute Gasteiger partial charge is 0.394 e. The van der Waals surface area contributed by atoms with Gasteiger partial charge < -0.3 is 26.2 Å². The van der Waals surface area contributed by atoms with E-state index in [1.54, 1.807) is 0 Å². The van der Waals surface area contributed by atoms with Gasteiger partial charge in [-0.15, -0.1) is 0 Å². The van der Waals surface area contributed by atoms with Gasteiger partial charge in [0.25, 0.3) is 0 Å². The smallest absolute Gasteiger partial charge is 0.0959 e. The highest BCUT2D eigenvalue weighted by Gasteiger charge is 2.72. The normalized spacial score (nSPS) is 56.1. The molecule has 2 fully saturated rings. The van der Waals surface area contributed by atoms with Crippen molar-refractivity contribution in [1.29, 1.82) is 0 Å². The van der Waals surface area contributed by atoms with Gasteiger partial charge in [-0.25, -0.2) is 0 Å². The summed E-state index contributed by atoms with van der Waals surface area (Å²) < 4.78 is 0. The number of aliphatic hydroxyl groups is 4. The predicted molar refractivity (Wildman–Crippen MR) is 43.6 cm³/mol. The fraction of sp³-hybridized carbons (Fsp3) is 1.00. The minimum atomic E-state index is -1.00. The lowest BCUT2D eigenvalue weighted by atomic mass is 9.93. The van der Waals surface area contributed by atoms with Crippen molar-refractivity contribution in [3.05, 3.63) is 0 Å². The van der Waals surface area contributed by atoms with Crippen molar-refractivity contribution in [1.82, 2.24) is 0 Å². The first-order chi connectivity index (χ1) is 6.05. The van der Waals surface area contributed by atoms with Crippen molar-refractivity contribution < 1.29 is 20.4 Å². The molecule has 0 radical (unpaired) electrons. The lowest BCUT2D eigenvalue weighted by Crippen LogP contribution is -2.43. The van der Waals surface area contributed by atoms with Gasteiger partial charge in [0.05, 0.1) is 24.9 Å². The third kappa shape index (κ3) is 0.936. The number of fused-ring (bicyclic) bond motifs is 1. The van der Waals surface area contributed by atoms with Gasteiger partial charge in [-0.2, -0.15) is 0 Å². The van der Waals surface area contributed by atoms with Gasteiger partial charge in [0, 0.05) is 11.5 Å². The highest BCUT2D eigenvalue weighted by molar-refractivity contribution is 5.23. The molecule has 6 atom stereocenters. The molecule has 0 aromatic rings. The number of hydrogen-bond acceptors (Lipinski definition) is 5. The Morgan fingerprint density at radius 2 is 2.08 bits per heavy atom. The highest BCUT2D eigenvalue weighted by atomic mass is 16.3. The second-order valence-corrected chi connectivity index (χ2v) is 4.13. The van der Waals surface area contributed by atoms with Crippen molar-refractivity contribution in [2.45, 2.75) is 30.8 Å². The van der Waals surface area contributed by atoms with E-state index in [9.17, 15) is 15.3 Å². The molecule has 2 aliphatic rings. The van der Waals surface area contributed by atoms with Crippen LogP contribution in [0.4, 0.5) is 0 Å².